The fourth-order valence-corrected chi connectivity index (χ4v) is 6.36. The SMILES string of the molecule is COc1ccc(S(=O)(=O)N(CCO)CCO[C@H]2C[C@@H](c3cccs3)C=C(C(=O)NCc3ccccc3)O2)cc1. The number of amides is 1. The van der Waals surface area contributed by atoms with Gasteiger partial charge in [-0.15, -0.1) is 11.3 Å². The van der Waals surface area contributed by atoms with E-state index in [9.17, 15) is 18.3 Å². The summed E-state index contributed by atoms with van der Waals surface area (Å²) in [6.07, 6.45) is 1.53. The van der Waals surface area contributed by atoms with Gasteiger partial charge in [-0.05, 0) is 47.4 Å². The summed E-state index contributed by atoms with van der Waals surface area (Å²) in [4.78, 5) is 14.1. The lowest BCUT2D eigenvalue weighted by atomic mass is 9.99. The van der Waals surface area contributed by atoms with Gasteiger partial charge in [-0.25, -0.2) is 8.42 Å². The summed E-state index contributed by atoms with van der Waals surface area (Å²) in [6.45, 7) is -0.0684. The molecule has 4 rings (SSSR count). The van der Waals surface area contributed by atoms with Crippen molar-refractivity contribution in [3.8, 4) is 5.75 Å². The van der Waals surface area contributed by atoms with E-state index in [0.29, 0.717) is 18.7 Å². The molecule has 2 heterocycles. The van der Waals surface area contributed by atoms with E-state index in [1.807, 2.05) is 47.8 Å². The number of carbonyl (C=O) groups excluding carboxylic acids is 1. The second kappa shape index (κ2) is 13.7. The van der Waals surface area contributed by atoms with E-state index in [2.05, 4.69) is 5.32 Å². The van der Waals surface area contributed by atoms with E-state index >= 15 is 0 Å². The third-order valence-electron chi connectivity index (χ3n) is 6.18. The predicted molar refractivity (Wildman–Crippen MR) is 148 cm³/mol. The minimum absolute atomic E-state index is 0.00228. The number of hydrogen-bond acceptors (Lipinski definition) is 8. The van der Waals surface area contributed by atoms with Crippen LogP contribution in [-0.2, 0) is 30.8 Å². The van der Waals surface area contributed by atoms with E-state index in [0.717, 1.165) is 14.7 Å². The molecule has 1 aromatic heterocycles. The van der Waals surface area contributed by atoms with Gasteiger partial charge in [0.1, 0.15) is 5.75 Å². The molecule has 0 spiro atoms. The van der Waals surface area contributed by atoms with Crippen molar-refractivity contribution in [2.75, 3.05) is 33.4 Å². The highest BCUT2D eigenvalue weighted by Crippen LogP contribution is 2.34. The molecule has 9 nitrogen and oxygen atoms in total. The van der Waals surface area contributed by atoms with Gasteiger partial charge in [-0.3, -0.25) is 4.79 Å². The van der Waals surface area contributed by atoms with Crippen LogP contribution >= 0.6 is 11.3 Å². The van der Waals surface area contributed by atoms with Gasteiger partial charge < -0.3 is 24.6 Å². The molecule has 0 saturated heterocycles. The van der Waals surface area contributed by atoms with Crippen LogP contribution in [0.2, 0.25) is 0 Å². The molecular formula is C28H32N2O7S2. The Hall–Kier alpha value is -3.22. The van der Waals surface area contributed by atoms with Crippen LogP contribution < -0.4 is 10.1 Å². The molecule has 0 aliphatic carbocycles. The Bertz CT molecular complexity index is 1330. The van der Waals surface area contributed by atoms with Crippen LogP contribution in [0, 0.1) is 0 Å². The molecule has 0 fully saturated rings. The number of aliphatic hydroxyl groups is 1. The Morgan fingerprint density at radius 1 is 1.10 bits per heavy atom. The molecule has 0 saturated carbocycles. The molecule has 2 aromatic carbocycles. The first-order valence-corrected chi connectivity index (χ1v) is 14.8. The number of nitrogens with one attached hydrogen (secondary N) is 1. The molecule has 1 aliphatic heterocycles. The Balaban J connectivity index is 1.41. The first-order valence-electron chi connectivity index (χ1n) is 12.5. The van der Waals surface area contributed by atoms with Crippen LogP contribution in [0.3, 0.4) is 0 Å². The number of benzene rings is 2. The average Bonchev–Trinajstić information content (AvgIpc) is 3.51. The van der Waals surface area contributed by atoms with Crippen molar-refractivity contribution in [3.05, 3.63) is 94.4 Å². The fourth-order valence-electron chi connectivity index (χ4n) is 4.13. The van der Waals surface area contributed by atoms with Crippen LogP contribution in [0.1, 0.15) is 22.8 Å². The molecule has 0 unspecified atom stereocenters. The monoisotopic (exact) mass is 572 g/mol. The Morgan fingerprint density at radius 3 is 2.54 bits per heavy atom. The number of rotatable bonds is 13. The topological polar surface area (TPSA) is 114 Å². The molecule has 39 heavy (non-hydrogen) atoms. The van der Waals surface area contributed by atoms with Crippen molar-refractivity contribution in [1.82, 2.24) is 9.62 Å². The van der Waals surface area contributed by atoms with E-state index in [-0.39, 0.29) is 48.8 Å². The number of nitrogens with zero attached hydrogens (tertiary/aromatic N) is 1. The number of sulfonamides is 1. The van der Waals surface area contributed by atoms with Crippen LogP contribution in [0.15, 0.2) is 88.8 Å². The maximum Gasteiger partial charge on any atom is 0.286 e. The molecule has 2 atom stereocenters. The Kier molecular flexibility index (Phi) is 10.1. The second-order valence-corrected chi connectivity index (χ2v) is 11.7. The molecule has 1 aliphatic rings. The van der Waals surface area contributed by atoms with Gasteiger partial charge >= 0.3 is 0 Å². The van der Waals surface area contributed by atoms with Gasteiger partial charge in [0.15, 0.2) is 5.76 Å². The van der Waals surface area contributed by atoms with Gasteiger partial charge in [-0.2, -0.15) is 4.31 Å². The quantitative estimate of drug-likeness (QED) is 0.322. The zero-order chi connectivity index (χ0) is 27.7. The van der Waals surface area contributed by atoms with E-state index in [4.69, 9.17) is 14.2 Å². The number of aliphatic hydroxyl groups excluding tert-OH is 1. The fraction of sp³-hybridized carbons (Fsp3) is 0.321. The average molecular weight is 573 g/mol. The molecule has 11 heteroatoms. The summed E-state index contributed by atoms with van der Waals surface area (Å²) in [5.74, 6) is 0.270. The number of methoxy groups -OCH3 is 1. The first-order chi connectivity index (χ1) is 18.9. The van der Waals surface area contributed by atoms with Crippen molar-refractivity contribution < 1.29 is 32.5 Å². The normalized spacial score (nSPS) is 17.4. The Labute approximate surface area is 232 Å². The van der Waals surface area contributed by atoms with Crippen molar-refractivity contribution in [2.24, 2.45) is 0 Å². The summed E-state index contributed by atoms with van der Waals surface area (Å²) in [7, 11) is -2.37. The summed E-state index contributed by atoms with van der Waals surface area (Å²) in [5, 5.41) is 14.4. The molecule has 0 radical (unpaired) electrons. The van der Waals surface area contributed by atoms with Crippen molar-refractivity contribution in [2.45, 2.75) is 30.1 Å². The van der Waals surface area contributed by atoms with E-state index < -0.39 is 16.3 Å². The summed E-state index contributed by atoms with van der Waals surface area (Å²) in [5.41, 5.74) is 0.965. The van der Waals surface area contributed by atoms with Crippen molar-refractivity contribution in [3.63, 3.8) is 0 Å². The largest absolute Gasteiger partial charge is 0.497 e. The summed E-state index contributed by atoms with van der Waals surface area (Å²) >= 11 is 1.58. The lowest BCUT2D eigenvalue weighted by Gasteiger charge is -2.29. The molecule has 2 N–H and O–H groups in total. The minimum atomic E-state index is -3.87. The van der Waals surface area contributed by atoms with Crippen LogP contribution in [0.4, 0.5) is 0 Å². The van der Waals surface area contributed by atoms with Crippen molar-refractivity contribution >= 4 is 27.3 Å². The summed E-state index contributed by atoms with van der Waals surface area (Å²) < 4.78 is 44.5. The Morgan fingerprint density at radius 2 is 1.87 bits per heavy atom. The van der Waals surface area contributed by atoms with E-state index in [1.165, 1.54) is 19.2 Å². The zero-order valence-corrected chi connectivity index (χ0v) is 23.2. The molecule has 1 amide bonds. The van der Waals surface area contributed by atoms with Gasteiger partial charge in [0.05, 0.1) is 25.2 Å². The molecular weight excluding hydrogens is 540 g/mol. The zero-order valence-electron chi connectivity index (χ0n) is 21.6. The first kappa shape index (κ1) is 28.8. The van der Waals surface area contributed by atoms with E-state index in [1.54, 1.807) is 29.5 Å². The lowest BCUT2D eigenvalue weighted by Crippen LogP contribution is -2.38. The summed E-state index contributed by atoms with van der Waals surface area (Å²) in [6, 6.07) is 19.6. The van der Waals surface area contributed by atoms with Gasteiger partial charge in [0.2, 0.25) is 16.3 Å². The van der Waals surface area contributed by atoms with Crippen molar-refractivity contribution in [1.29, 1.82) is 0 Å². The number of ether oxygens (including phenoxy) is 3. The number of allylic oxidation sites excluding steroid dienone is 1. The smallest absolute Gasteiger partial charge is 0.286 e. The maximum atomic E-state index is 13.2. The molecule has 208 valence electrons. The minimum Gasteiger partial charge on any atom is -0.497 e. The maximum absolute atomic E-state index is 13.2. The highest BCUT2D eigenvalue weighted by molar-refractivity contribution is 7.89. The molecule has 0 bridgehead atoms. The molecule has 3 aromatic rings. The number of carbonyl (C=O) groups is 1. The number of hydrogen-bond donors (Lipinski definition) is 2. The predicted octanol–water partition coefficient (Wildman–Crippen LogP) is 3.49. The van der Waals surface area contributed by atoms with Crippen LogP contribution in [0.5, 0.6) is 5.75 Å². The van der Waals surface area contributed by atoms with Gasteiger partial charge in [-0.1, -0.05) is 36.4 Å². The third kappa shape index (κ3) is 7.68. The third-order valence-corrected chi connectivity index (χ3v) is 9.09. The highest BCUT2D eigenvalue weighted by atomic mass is 32.2. The second-order valence-electron chi connectivity index (χ2n) is 8.78. The number of thiophene rings is 1. The lowest BCUT2D eigenvalue weighted by molar-refractivity contribution is -0.146. The van der Waals surface area contributed by atoms with Crippen LogP contribution in [-0.4, -0.2) is 63.4 Å². The van der Waals surface area contributed by atoms with Gasteiger partial charge in [0, 0.05) is 36.9 Å². The van der Waals surface area contributed by atoms with Crippen LogP contribution in [0.25, 0.3) is 0 Å². The highest BCUT2D eigenvalue weighted by Gasteiger charge is 2.30. The van der Waals surface area contributed by atoms with Gasteiger partial charge in [0.25, 0.3) is 5.91 Å². The standard InChI is InChI=1S/C28H32N2O7S2/c1-35-23-9-11-24(12-10-23)39(33,34)30(13-15-31)14-16-36-27-19-22(26-8-5-17-38-26)18-25(37-27)28(32)29-20-21-6-3-2-4-7-21/h2-12,17-18,22,27,31H,13-16,19-20H2,1H3,(H,29,32)/t22-,27+/m0/s1.